The zero-order valence-corrected chi connectivity index (χ0v) is 29.2. The van der Waals surface area contributed by atoms with Crippen LogP contribution in [0.5, 0.6) is 5.75 Å². The highest BCUT2D eigenvalue weighted by Gasteiger charge is 2.29. The maximum absolute atomic E-state index is 13.3. The second-order valence-electron chi connectivity index (χ2n) is 9.49. The number of hydrogen-bond acceptors (Lipinski definition) is 10. The highest BCUT2D eigenvalue weighted by molar-refractivity contribution is 7.86. The summed E-state index contributed by atoms with van der Waals surface area (Å²) in [6.45, 7) is 6.88. The number of nitrogens with zero attached hydrogens (tertiary/aromatic N) is 2. The Morgan fingerprint density at radius 3 is 1.88 bits per heavy atom. The summed E-state index contributed by atoms with van der Waals surface area (Å²) in [6, 6.07) is 15.8. The molecule has 0 spiro atoms. The second-order valence-corrected chi connectivity index (χ2v) is 14.4. The number of methoxy groups -OCH3 is 1. The maximum Gasteiger partial charge on any atom is 0.373 e. The molecule has 20 heteroatoms. The van der Waals surface area contributed by atoms with Gasteiger partial charge in [0, 0.05) is 11.8 Å². The Kier molecular flexibility index (Phi) is 15.9. The van der Waals surface area contributed by atoms with Crippen LogP contribution in [0.15, 0.2) is 65.6 Å². The standard InChI is InChI=1S/C12H11ClFN3.C8H11O7PS.C7H9O3P.CO2/c1-7-3-5-9(6-4-7)17-12-10(13)11(14)15-8(2)16-12;1-5-3-7(16(9,10)11)8(17(12,13)14)4-6(5)15-2;1-6-3-2-4-7(5-6)11(8,9)10;2-1-3/h3-6H,1-2H3,(H,15,16,17);3-4H,1-2H3,(H2,9,10,11)(H,12,13,14);2-5H,1H3,(H2,8,9,10);. The van der Waals surface area contributed by atoms with Crippen molar-refractivity contribution in [1.82, 2.24) is 9.97 Å². The van der Waals surface area contributed by atoms with Gasteiger partial charge in [0.15, 0.2) is 5.82 Å². The molecule has 0 bridgehead atoms. The lowest BCUT2D eigenvalue weighted by Crippen LogP contribution is -2.16. The summed E-state index contributed by atoms with van der Waals surface area (Å²) in [5.74, 6) is 0.00522. The minimum atomic E-state index is -4.80. The van der Waals surface area contributed by atoms with Crippen LogP contribution >= 0.6 is 26.8 Å². The number of halogens is 2. The summed E-state index contributed by atoms with van der Waals surface area (Å²) in [6.07, 6.45) is 0.250. The van der Waals surface area contributed by atoms with Crippen LogP contribution in [-0.4, -0.2) is 55.8 Å². The van der Waals surface area contributed by atoms with E-state index >= 15 is 0 Å². The van der Waals surface area contributed by atoms with Crippen LogP contribution in [0.1, 0.15) is 22.5 Å². The van der Waals surface area contributed by atoms with E-state index in [1.54, 1.807) is 26.0 Å². The van der Waals surface area contributed by atoms with Gasteiger partial charge in [-0.3, -0.25) is 13.7 Å². The van der Waals surface area contributed by atoms with Crippen molar-refractivity contribution >= 4 is 65.2 Å². The van der Waals surface area contributed by atoms with Gasteiger partial charge >= 0.3 is 21.3 Å². The first kappa shape index (κ1) is 42.2. The van der Waals surface area contributed by atoms with Crippen molar-refractivity contribution in [3.05, 3.63) is 94.1 Å². The fourth-order valence-electron chi connectivity index (χ4n) is 3.50. The number of aryl methyl sites for hydroxylation is 4. The molecule has 0 aliphatic carbocycles. The third-order valence-electron chi connectivity index (χ3n) is 5.64. The number of carbonyl (C=O) groups excluding carboxylic acids is 2. The van der Waals surface area contributed by atoms with Crippen LogP contribution in [0.25, 0.3) is 0 Å². The molecule has 0 unspecified atom stereocenters. The number of ether oxygens (including phenoxy) is 1. The van der Waals surface area contributed by atoms with Gasteiger partial charge in [-0.15, -0.1) is 0 Å². The predicted molar refractivity (Wildman–Crippen MR) is 173 cm³/mol. The zero-order chi connectivity index (χ0) is 37.0. The summed E-state index contributed by atoms with van der Waals surface area (Å²) in [5, 5.41) is 2.19. The van der Waals surface area contributed by atoms with E-state index in [2.05, 4.69) is 15.3 Å². The third kappa shape index (κ3) is 13.7. The fourth-order valence-corrected chi connectivity index (χ4v) is 6.28. The number of aromatic nitrogens is 2. The van der Waals surface area contributed by atoms with Gasteiger partial charge in [0.25, 0.3) is 10.1 Å². The molecule has 4 rings (SSSR count). The monoisotopic (exact) mass is 749 g/mol. The number of anilines is 2. The molecule has 1 heterocycles. The molecule has 6 N–H and O–H groups in total. The molecule has 0 saturated carbocycles. The zero-order valence-electron chi connectivity index (χ0n) is 25.8. The van der Waals surface area contributed by atoms with Gasteiger partial charge in [0.05, 0.1) is 17.7 Å². The van der Waals surface area contributed by atoms with Gasteiger partial charge in [0.2, 0.25) is 5.95 Å². The largest absolute Gasteiger partial charge is 0.496 e. The van der Waals surface area contributed by atoms with Gasteiger partial charge in [-0.25, -0.2) is 9.97 Å². The normalized spacial score (nSPS) is 10.9. The number of benzene rings is 3. The summed E-state index contributed by atoms with van der Waals surface area (Å²) in [4.78, 5) is 58.5. The maximum atomic E-state index is 13.3. The Morgan fingerprint density at radius 1 is 0.875 bits per heavy atom. The number of rotatable bonds is 6. The smallest absolute Gasteiger partial charge is 0.373 e. The number of hydrogen-bond donors (Lipinski definition) is 6. The van der Waals surface area contributed by atoms with Gasteiger partial charge < -0.3 is 29.6 Å². The molecule has 0 radical (unpaired) electrons. The molecule has 0 amide bonds. The average Bonchev–Trinajstić information content (AvgIpc) is 2.96. The molecule has 0 aliphatic heterocycles. The van der Waals surface area contributed by atoms with E-state index in [0.717, 1.165) is 28.9 Å². The van der Waals surface area contributed by atoms with Crippen molar-refractivity contribution in [2.45, 2.75) is 32.6 Å². The van der Waals surface area contributed by atoms with Gasteiger partial charge in [-0.2, -0.15) is 22.4 Å². The van der Waals surface area contributed by atoms with Gasteiger partial charge in [-0.05, 0) is 63.6 Å². The van der Waals surface area contributed by atoms with Crippen molar-refractivity contribution in [2.75, 3.05) is 12.4 Å². The van der Waals surface area contributed by atoms with Crippen molar-refractivity contribution in [3.8, 4) is 5.75 Å². The van der Waals surface area contributed by atoms with Crippen molar-refractivity contribution < 1.29 is 60.4 Å². The summed E-state index contributed by atoms with van der Waals surface area (Å²) in [7, 11) is -12.3. The Bertz CT molecular complexity index is 1970. The topological polar surface area (TPSA) is 251 Å². The van der Waals surface area contributed by atoms with E-state index in [0.29, 0.717) is 11.4 Å². The molecule has 0 saturated heterocycles. The summed E-state index contributed by atoms with van der Waals surface area (Å²) < 4.78 is 70.9. The molecule has 0 aliphatic rings. The van der Waals surface area contributed by atoms with Gasteiger partial charge in [-0.1, -0.05) is 47.0 Å². The molecule has 3 aromatic carbocycles. The number of nitrogens with one attached hydrogen (secondary N) is 1. The SMILES string of the molecule is COc1cc(S(=O)(=O)O)c(P(=O)(O)O)cc1C.Cc1ccc(Nc2nc(C)nc(F)c2Cl)cc1.Cc1cccc(P(=O)(O)O)c1.O=C=O. The van der Waals surface area contributed by atoms with Crippen LogP contribution in [-0.2, 0) is 28.8 Å². The first-order valence-corrected chi connectivity index (χ1v) is 18.0. The Morgan fingerprint density at radius 2 is 1.44 bits per heavy atom. The van der Waals surface area contributed by atoms with Crippen molar-refractivity contribution in [2.24, 2.45) is 0 Å². The highest BCUT2D eigenvalue weighted by Crippen LogP contribution is 2.38. The molecule has 1 aromatic heterocycles. The second kappa shape index (κ2) is 18.1. The highest BCUT2D eigenvalue weighted by atomic mass is 35.5. The molecule has 0 fully saturated rings. The molecule has 4 aromatic rings. The van der Waals surface area contributed by atoms with Crippen LogP contribution in [0.4, 0.5) is 15.9 Å². The first-order chi connectivity index (χ1) is 22.0. The fraction of sp³-hybridized carbons (Fsp3) is 0.179. The molecule has 260 valence electrons. The Hall–Kier alpha value is -3.85. The van der Waals surface area contributed by atoms with Crippen LogP contribution < -0.4 is 20.7 Å². The van der Waals surface area contributed by atoms with Crippen LogP contribution in [0, 0.1) is 33.6 Å². The van der Waals surface area contributed by atoms with E-state index in [-0.39, 0.29) is 28.0 Å². The first-order valence-electron chi connectivity index (χ1n) is 12.9. The van der Waals surface area contributed by atoms with E-state index < -0.39 is 41.5 Å². The van der Waals surface area contributed by atoms with Gasteiger partial charge in [0.1, 0.15) is 21.5 Å². The van der Waals surface area contributed by atoms with E-state index in [1.807, 2.05) is 31.2 Å². The minimum Gasteiger partial charge on any atom is -0.496 e. The van der Waals surface area contributed by atoms with E-state index in [9.17, 15) is 21.9 Å². The predicted octanol–water partition coefficient (Wildman–Crippen LogP) is 3.90. The molecule has 0 atom stereocenters. The average molecular weight is 750 g/mol. The minimum absolute atomic E-state index is 0.0810. The lowest BCUT2D eigenvalue weighted by molar-refractivity contribution is -0.191. The van der Waals surface area contributed by atoms with Crippen LogP contribution in [0.2, 0.25) is 5.02 Å². The lowest BCUT2D eigenvalue weighted by Gasteiger charge is -2.12. The molecular weight excluding hydrogens is 719 g/mol. The quantitative estimate of drug-likeness (QED) is 0.0929. The van der Waals surface area contributed by atoms with E-state index in [4.69, 9.17) is 50.1 Å². The summed E-state index contributed by atoms with van der Waals surface area (Å²) >= 11 is 5.78. The van der Waals surface area contributed by atoms with E-state index in [1.165, 1.54) is 26.2 Å². The molecular formula is C28H31ClFN3O12P2S. The van der Waals surface area contributed by atoms with Crippen molar-refractivity contribution in [1.29, 1.82) is 0 Å². The molecule has 15 nitrogen and oxygen atoms in total. The molecule has 48 heavy (non-hydrogen) atoms. The van der Waals surface area contributed by atoms with Crippen LogP contribution in [0.3, 0.4) is 0 Å². The summed E-state index contributed by atoms with van der Waals surface area (Å²) in [5.41, 5.74) is 3.14. The Balaban J connectivity index is 0.000000353. The third-order valence-corrected chi connectivity index (χ3v) is 8.97. The van der Waals surface area contributed by atoms with Crippen molar-refractivity contribution in [3.63, 3.8) is 0 Å². The Labute approximate surface area is 279 Å². The lowest BCUT2D eigenvalue weighted by atomic mass is 10.2.